The van der Waals surface area contributed by atoms with Crippen LogP contribution in [0.15, 0.2) is 23.1 Å². The SMILES string of the molecule is C[C@@H](Cc1cnccn1)N(C)Cc1noc(C2CCCC2)n1. The summed E-state index contributed by atoms with van der Waals surface area (Å²) in [5.74, 6) is 2.07. The fourth-order valence-corrected chi connectivity index (χ4v) is 2.94. The lowest BCUT2D eigenvalue weighted by Gasteiger charge is -2.22. The van der Waals surface area contributed by atoms with Gasteiger partial charge >= 0.3 is 0 Å². The van der Waals surface area contributed by atoms with Crippen molar-refractivity contribution in [1.82, 2.24) is 25.0 Å². The zero-order valence-corrected chi connectivity index (χ0v) is 13.3. The van der Waals surface area contributed by atoms with E-state index in [1.165, 1.54) is 25.7 Å². The van der Waals surface area contributed by atoms with Gasteiger partial charge in [-0.3, -0.25) is 14.9 Å². The Balaban J connectivity index is 1.55. The van der Waals surface area contributed by atoms with Crippen molar-refractivity contribution in [1.29, 1.82) is 0 Å². The van der Waals surface area contributed by atoms with Crippen LogP contribution in [-0.2, 0) is 13.0 Å². The lowest BCUT2D eigenvalue weighted by molar-refractivity contribution is 0.236. The standard InChI is InChI=1S/C16H23N5O/c1-12(9-14-10-17-7-8-18-14)21(2)11-15-19-16(22-20-15)13-5-3-4-6-13/h7-8,10,12-13H,3-6,9,11H2,1-2H3/t12-/m0/s1. The molecule has 0 bridgehead atoms. The molecule has 1 aliphatic carbocycles. The van der Waals surface area contributed by atoms with E-state index in [9.17, 15) is 0 Å². The van der Waals surface area contributed by atoms with Crippen molar-refractivity contribution >= 4 is 0 Å². The van der Waals surface area contributed by atoms with Crippen LogP contribution in [-0.4, -0.2) is 38.1 Å². The second-order valence-corrected chi connectivity index (χ2v) is 6.20. The molecule has 0 amide bonds. The highest BCUT2D eigenvalue weighted by atomic mass is 16.5. The van der Waals surface area contributed by atoms with Crippen LogP contribution < -0.4 is 0 Å². The Hall–Kier alpha value is -1.82. The van der Waals surface area contributed by atoms with Gasteiger partial charge in [-0.1, -0.05) is 18.0 Å². The molecule has 2 heterocycles. The van der Waals surface area contributed by atoms with Crippen LogP contribution in [0, 0.1) is 0 Å². The Morgan fingerprint density at radius 3 is 2.86 bits per heavy atom. The first kappa shape index (κ1) is 15.1. The molecule has 0 radical (unpaired) electrons. The molecule has 0 unspecified atom stereocenters. The summed E-state index contributed by atoms with van der Waals surface area (Å²) < 4.78 is 5.44. The van der Waals surface area contributed by atoms with Crippen LogP contribution in [0.1, 0.15) is 55.9 Å². The first-order valence-corrected chi connectivity index (χ1v) is 8.00. The highest BCUT2D eigenvalue weighted by Gasteiger charge is 2.23. The van der Waals surface area contributed by atoms with Crippen molar-refractivity contribution in [3.63, 3.8) is 0 Å². The molecule has 6 heteroatoms. The molecule has 0 saturated heterocycles. The average Bonchev–Trinajstić information content (AvgIpc) is 3.19. The van der Waals surface area contributed by atoms with Gasteiger partial charge in [0.15, 0.2) is 5.82 Å². The van der Waals surface area contributed by atoms with Crippen molar-refractivity contribution in [3.05, 3.63) is 36.0 Å². The molecule has 1 atom stereocenters. The molecular formula is C16H23N5O. The first-order chi connectivity index (χ1) is 10.7. The minimum atomic E-state index is 0.338. The number of aromatic nitrogens is 4. The lowest BCUT2D eigenvalue weighted by Crippen LogP contribution is -2.31. The highest BCUT2D eigenvalue weighted by Crippen LogP contribution is 2.32. The third-order valence-corrected chi connectivity index (χ3v) is 4.45. The average molecular weight is 301 g/mol. The summed E-state index contributed by atoms with van der Waals surface area (Å²) in [5, 5.41) is 4.13. The fraction of sp³-hybridized carbons (Fsp3) is 0.625. The number of likely N-dealkylation sites (N-methyl/N-ethyl adjacent to an activating group) is 1. The Kier molecular flexibility index (Phi) is 4.77. The van der Waals surface area contributed by atoms with E-state index in [1.54, 1.807) is 12.4 Å². The predicted octanol–water partition coefficient (Wildman–Crippen LogP) is 2.58. The summed E-state index contributed by atoms with van der Waals surface area (Å²) >= 11 is 0. The zero-order valence-electron chi connectivity index (χ0n) is 13.3. The molecule has 0 aromatic carbocycles. The maximum Gasteiger partial charge on any atom is 0.229 e. The zero-order chi connectivity index (χ0) is 15.4. The summed E-state index contributed by atoms with van der Waals surface area (Å²) in [7, 11) is 2.08. The normalized spacial score (nSPS) is 17.2. The highest BCUT2D eigenvalue weighted by molar-refractivity contribution is 4.99. The van der Waals surface area contributed by atoms with Gasteiger partial charge in [0.2, 0.25) is 5.89 Å². The summed E-state index contributed by atoms with van der Waals surface area (Å²) in [6, 6.07) is 0.338. The van der Waals surface area contributed by atoms with Gasteiger partial charge in [0.25, 0.3) is 0 Å². The maximum absolute atomic E-state index is 5.44. The molecule has 1 aliphatic rings. The van der Waals surface area contributed by atoms with E-state index in [0.29, 0.717) is 18.5 Å². The molecule has 2 aromatic heterocycles. The Bertz CT molecular complexity index is 579. The van der Waals surface area contributed by atoms with Gasteiger partial charge in [-0.05, 0) is 26.8 Å². The number of nitrogens with zero attached hydrogens (tertiary/aromatic N) is 5. The monoisotopic (exact) mass is 301 g/mol. The van der Waals surface area contributed by atoms with Gasteiger partial charge in [0.1, 0.15) is 0 Å². The quantitative estimate of drug-likeness (QED) is 0.817. The Labute approximate surface area is 131 Å². The van der Waals surface area contributed by atoms with Crippen LogP contribution in [0.4, 0.5) is 0 Å². The van der Waals surface area contributed by atoms with Crippen molar-refractivity contribution < 1.29 is 4.52 Å². The summed E-state index contributed by atoms with van der Waals surface area (Å²) in [6.07, 6.45) is 11.0. The topological polar surface area (TPSA) is 67.9 Å². The number of hydrogen-bond acceptors (Lipinski definition) is 6. The van der Waals surface area contributed by atoms with Gasteiger partial charge in [-0.25, -0.2) is 0 Å². The maximum atomic E-state index is 5.44. The van der Waals surface area contributed by atoms with E-state index in [0.717, 1.165) is 23.8 Å². The largest absolute Gasteiger partial charge is 0.339 e. The predicted molar refractivity (Wildman–Crippen MR) is 82.2 cm³/mol. The number of rotatable bonds is 6. The van der Waals surface area contributed by atoms with Crippen molar-refractivity contribution in [2.75, 3.05) is 7.05 Å². The minimum Gasteiger partial charge on any atom is -0.339 e. The second-order valence-electron chi connectivity index (χ2n) is 6.20. The van der Waals surface area contributed by atoms with E-state index < -0.39 is 0 Å². The summed E-state index contributed by atoms with van der Waals surface area (Å²) in [5.41, 5.74) is 1.00. The Morgan fingerprint density at radius 1 is 1.32 bits per heavy atom. The van der Waals surface area contributed by atoms with Crippen molar-refractivity contribution in [3.8, 4) is 0 Å². The van der Waals surface area contributed by atoms with Crippen molar-refractivity contribution in [2.45, 2.75) is 57.5 Å². The van der Waals surface area contributed by atoms with E-state index in [1.807, 2.05) is 6.20 Å². The van der Waals surface area contributed by atoms with Crippen LogP contribution in [0.2, 0.25) is 0 Å². The third-order valence-electron chi connectivity index (χ3n) is 4.45. The molecule has 22 heavy (non-hydrogen) atoms. The molecule has 1 saturated carbocycles. The molecule has 0 aliphatic heterocycles. The Morgan fingerprint density at radius 2 is 2.14 bits per heavy atom. The molecule has 3 rings (SSSR count). The van der Waals surface area contributed by atoms with E-state index >= 15 is 0 Å². The molecule has 118 valence electrons. The third kappa shape index (κ3) is 3.68. The second kappa shape index (κ2) is 6.96. The molecule has 0 N–H and O–H groups in total. The molecule has 0 spiro atoms. The molecule has 6 nitrogen and oxygen atoms in total. The van der Waals surface area contributed by atoms with Gasteiger partial charge < -0.3 is 4.52 Å². The van der Waals surface area contributed by atoms with Gasteiger partial charge in [-0.15, -0.1) is 0 Å². The summed E-state index contributed by atoms with van der Waals surface area (Å²) in [6.45, 7) is 2.87. The van der Waals surface area contributed by atoms with Gasteiger partial charge in [0, 0.05) is 37.0 Å². The molecule has 2 aromatic rings. The van der Waals surface area contributed by atoms with E-state index in [2.05, 4.69) is 39.0 Å². The van der Waals surface area contributed by atoms with Crippen LogP contribution in [0.5, 0.6) is 0 Å². The van der Waals surface area contributed by atoms with Crippen LogP contribution in [0.3, 0.4) is 0 Å². The molecule has 1 fully saturated rings. The lowest BCUT2D eigenvalue weighted by atomic mass is 10.1. The van der Waals surface area contributed by atoms with Gasteiger partial charge in [0.05, 0.1) is 12.2 Å². The first-order valence-electron chi connectivity index (χ1n) is 8.00. The van der Waals surface area contributed by atoms with Crippen molar-refractivity contribution in [2.24, 2.45) is 0 Å². The van der Waals surface area contributed by atoms with Crippen LogP contribution >= 0.6 is 0 Å². The minimum absolute atomic E-state index is 0.338. The van der Waals surface area contributed by atoms with Crippen LogP contribution in [0.25, 0.3) is 0 Å². The fourth-order valence-electron chi connectivity index (χ4n) is 2.94. The molecular weight excluding hydrogens is 278 g/mol. The smallest absolute Gasteiger partial charge is 0.229 e. The number of hydrogen-bond donors (Lipinski definition) is 0. The summed E-state index contributed by atoms with van der Waals surface area (Å²) in [4.78, 5) is 15.2. The van der Waals surface area contributed by atoms with E-state index in [-0.39, 0.29) is 0 Å². The van der Waals surface area contributed by atoms with Gasteiger partial charge in [-0.2, -0.15) is 4.98 Å². The van der Waals surface area contributed by atoms with E-state index in [4.69, 9.17) is 4.52 Å².